The average molecular weight is 566 g/mol. The van der Waals surface area contributed by atoms with Crippen molar-refractivity contribution in [2.45, 2.75) is 38.4 Å². The van der Waals surface area contributed by atoms with E-state index in [1.807, 2.05) is 60.7 Å². The first-order chi connectivity index (χ1) is 20.3. The third kappa shape index (κ3) is 6.37. The standard InChI is InChI=1S/C33H35N5O4/c34-28-11-3-22(4-12-28)20-42-38(18-21-1-2-21)33(41)27-15-26-10-9-25(16-30(26)36-31(35)17-27)23-5-7-24(8-6-23)32(40)37-14-13-29(39)19-37/h3-12,15-16,21,29,39H,1-2,13-14,17-20,34H2,(H2,35,36)/t29-/m1/s1. The number of nitrogens with two attached hydrogens (primary N) is 2. The van der Waals surface area contributed by atoms with Crippen molar-refractivity contribution in [3.63, 3.8) is 0 Å². The van der Waals surface area contributed by atoms with Gasteiger partial charge in [-0.05, 0) is 78.3 Å². The lowest BCUT2D eigenvalue weighted by Crippen LogP contribution is -2.35. The molecule has 6 rings (SSSR count). The number of aliphatic hydroxyl groups excluding tert-OH is 1. The highest BCUT2D eigenvalue weighted by Gasteiger charge is 2.30. The van der Waals surface area contributed by atoms with Crippen LogP contribution < -0.4 is 11.5 Å². The maximum atomic E-state index is 13.7. The van der Waals surface area contributed by atoms with Crippen molar-refractivity contribution in [3.05, 3.63) is 89.0 Å². The van der Waals surface area contributed by atoms with Crippen LogP contribution in [0.2, 0.25) is 0 Å². The van der Waals surface area contributed by atoms with Crippen LogP contribution in [-0.2, 0) is 16.2 Å². The number of rotatable bonds is 8. The third-order valence-electron chi connectivity index (χ3n) is 7.90. The number of hydrogen-bond donors (Lipinski definition) is 3. The Morgan fingerprint density at radius 3 is 2.40 bits per heavy atom. The molecule has 1 saturated carbocycles. The number of benzene rings is 3. The number of hydrogen-bond acceptors (Lipinski definition) is 7. The Bertz CT molecular complexity index is 1540. The second kappa shape index (κ2) is 11.8. The number of carbonyl (C=O) groups is 2. The molecule has 5 N–H and O–H groups in total. The molecular formula is C33H35N5O4. The zero-order valence-corrected chi connectivity index (χ0v) is 23.4. The first kappa shape index (κ1) is 27.7. The number of nitrogen functional groups attached to an aromatic ring is 1. The van der Waals surface area contributed by atoms with Crippen LogP contribution in [-0.4, -0.2) is 58.5 Å². The molecule has 2 heterocycles. The third-order valence-corrected chi connectivity index (χ3v) is 7.90. The number of anilines is 1. The van der Waals surface area contributed by atoms with Gasteiger partial charge in [0, 0.05) is 41.9 Å². The molecule has 3 aromatic carbocycles. The minimum Gasteiger partial charge on any atom is -0.399 e. The van der Waals surface area contributed by atoms with E-state index in [9.17, 15) is 14.7 Å². The van der Waals surface area contributed by atoms with Crippen molar-refractivity contribution in [2.24, 2.45) is 16.6 Å². The number of hydroxylamine groups is 2. The highest BCUT2D eigenvalue weighted by molar-refractivity contribution is 6.05. The summed E-state index contributed by atoms with van der Waals surface area (Å²) in [5.41, 5.74) is 18.2. The van der Waals surface area contributed by atoms with Crippen LogP contribution in [0.15, 0.2) is 77.3 Å². The van der Waals surface area contributed by atoms with Crippen LogP contribution in [0.5, 0.6) is 0 Å². The van der Waals surface area contributed by atoms with Crippen LogP contribution in [0, 0.1) is 5.92 Å². The van der Waals surface area contributed by atoms with Gasteiger partial charge in [0.15, 0.2) is 0 Å². The van der Waals surface area contributed by atoms with Crippen molar-refractivity contribution in [2.75, 3.05) is 25.4 Å². The second-order valence-electron chi connectivity index (χ2n) is 11.3. The highest BCUT2D eigenvalue weighted by Crippen LogP contribution is 2.34. The van der Waals surface area contributed by atoms with E-state index < -0.39 is 6.10 Å². The van der Waals surface area contributed by atoms with E-state index in [-0.39, 0.29) is 24.8 Å². The molecule has 1 saturated heterocycles. The fourth-order valence-corrected chi connectivity index (χ4v) is 5.28. The van der Waals surface area contributed by atoms with Gasteiger partial charge in [-0.2, -0.15) is 0 Å². The van der Waals surface area contributed by atoms with Crippen molar-refractivity contribution in [1.82, 2.24) is 9.96 Å². The largest absolute Gasteiger partial charge is 0.399 e. The number of amides is 2. The molecule has 9 heteroatoms. The summed E-state index contributed by atoms with van der Waals surface area (Å²) in [6, 6.07) is 20.7. The van der Waals surface area contributed by atoms with E-state index in [1.165, 1.54) is 5.06 Å². The molecule has 3 aromatic rings. The molecule has 2 aliphatic heterocycles. The normalized spacial score (nSPS) is 18.1. The van der Waals surface area contributed by atoms with Crippen LogP contribution in [0.1, 0.15) is 47.2 Å². The molecule has 216 valence electrons. The predicted molar refractivity (Wildman–Crippen MR) is 162 cm³/mol. The maximum Gasteiger partial charge on any atom is 0.273 e. The molecule has 0 bridgehead atoms. The summed E-state index contributed by atoms with van der Waals surface area (Å²) in [7, 11) is 0. The topological polar surface area (TPSA) is 134 Å². The molecule has 2 amide bonds. The van der Waals surface area contributed by atoms with E-state index in [4.69, 9.17) is 16.3 Å². The molecular weight excluding hydrogens is 530 g/mol. The molecule has 1 atom stereocenters. The Morgan fingerprint density at radius 1 is 0.976 bits per heavy atom. The van der Waals surface area contributed by atoms with Gasteiger partial charge in [0.1, 0.15) is 12.4 Å². The molecule has 3 aliphatic rings. The van der Waals surface area contributed by atoms with Crippen molar-refractivity contribution in [3.8, 4) is 11.1 Å². The van der Waals surface area contributed by atoms with E-state index in [0.29, 0.717) is 60.3 Å². The summed E-state index contributed by atoms with van der Waals surface area (Å²) in [6.45, 7) is 1.73. The van der Waals surface area contributed by atoms with Crippen molar-refractivity contribution >= 4 is 35.1 Å². The summed E-state index contributed by atoms with van der Waals surface area (Å²) in [5, 5.41) is 11.2. The zero-order valence-electron chi connectivity index (χ0n) is 23.4. The number of aliphatic hydroxyl groups is 1. The van der Waals surface area contributed by atoms with Crippen molar-refractivity contribution < 1.29 is 19.5 Å². The summed E-state index contributed by atoms with van der Waals surface area (Å²) in [4.78, 5) is 38.8. The van der Waals surface area contributed by atoms with Crippen LogP contribution >= 0.6 is 0 Å². The van der Waals surface area contributed by atoms with E-state index in [1.54, 1.807) is 17.0 Å². The Morgan fingerprint density at radius 2 is 1.71 bits per heavy atom. The minimum absolute atomic E-state index is 0.0760. The molecule has 0 spiro atoms. The molecule has 42 heavy (non-hydrogen) atoms. The van der Waals surface area contributed by atoms with E-state index in [2.05, 4.69) is 4.99 Å². The minimum atomic E-state index is -0.450. The van der Waals surface area contributed by atoms with Gasteiger partial charge in [-0.25, -0.2) is 10.1 Å². The first-order valence-electron chi connectivity index (χ1n) is 14.4. The van der Waals surface area contributed by atoms with E-state index in [0.717, 1.165) is 35.1 Å². The number of fused-ring (bicyclic) bond motifs is 1. The summed E-state index contributed by atoms with van der Waals surface area (Å²) in [5.74, 6) is 0.506. The highest BCUT2D eigenvalue weighted by atomic mass is 16.7. The van der Waals surface area contributed by atoms with Gasteiger partial charge in [-0.1, -0.05) is 36.4 Å². The SMILES string of the molecule is NC1=Nc2cc(-c3ccc(C(=O)N4CC[C@@H](O)C4)cc3)ccc2C=C(C(=O)N(CC2CC2)OCc2ccc(N)cc2)C1. The van der Waals surface area contributed by atoms with Gasteiger partial charge in [0.2, 0.25) is 0 Å². The van der Waals surface area contributed by atoms with Gasteiger partial charge in [0.25, 0.3) is 11.8 Å². The van der Waals surface area contributed by atoms with E-state index >= 15 is 0 Å². The van der Waals surface area contributed by atoms with Gasteiger partial charge in [-0.15, -0.1) is 0 Å². The lowest BCUT2D eigenvalue weighted by molar-refractivity contribution is -0.188. The molecule has 9 nitrogen and oxygen atoms in total. The summed E-state index contributed by atoms with van der Waals surface area (Å²) in [6.07, 6.45) is 4.40. The molecule has 2 fully saturated rings. The van der Waals surface area contributed by atoms with Crippen LogP contribution in [0.4, 0.5) is 11.4 Å². The van der Waals surface area contributed by atoms with Gasteiger partial charge >= 0.3 is 0 Å². The fraction of sp³-hybridized carbons (Fsp3) is 0.303. The lowest BCUT2D eigenvalue weighted by Gasteiger charge is -2.23. The number of nitrogens with zero attached hydrogens (tertiary/aromatic N) is 3. The maximum absolute atomic E-state index is 13.7. The van der Waals surface area contributed by atoms with Gasteiger partial charge < -0.3 is 21.5 Å². The lowest BCUT2D eigenvalue weighted by atomic mass is 10.00. The average Bonchev–Trinajstić information content (AvgIpc) is 3.74. The zero-order chi connectivity index (χ0) is 29.2. The van der Waals surface area contributed by atoms with Crippen LogP contribution in [0.25, 0.3) is 17.2 Å². The second-order valence-corrected chi connectivity index (χ2v) is 11.3. The number of amidine groups is 1. The number of β-amino-alcohol motifs (C(OH)–C–C–N with tert-alkyl or cyclic N) is 1. The monoisotopic (exact) mass is 565 g/mol. The fourth-order valence-electron chi connectivity index (χ4n) is 5.28. The smallest absolute Gasteiger partial charge is 0.273 e. The Balaban J connectivity index is 1.20. The van der Waals surface area contributed by atoms with Crippen LogP contribution in [0.3, 0.4) is 0 Å². The number of aliphatic imine (C=N–C) groups is 1. The molecule has 0 unspecified atom stereocenters. The van der Waals surface area contributed by atoms with Crippen molar-refractivity contribution in [1.29, 1.82) is 0 Å². The Kier molecular flexibility index (Phi) is 7.78. The quantitative estimate of drug-likeness (QED) is 0.276. The van der Waals surface area contributed by atoms with Gasteiger partial charge in [0.05, 0.1) is 18.3 Å². The molecule has 0 radical (unpaired) electrons. The summed E-state index contributed by atoms with van der Waals surface area (Å²) < 4.78 is 0. The predicted octanol–water partition coefficient (Wildman–Crippen LogP) is 4.29. The first-order valence-corrected chi connectivity index (χ1v) is 14.4. The number of carbonyl (C=O) groups excluding carboxylic acids is 2. The molecule has 0 aromatic heterocycles. The Labute approximate surface area is 245 Å². The number of likely N-dealkylation sites (tertiary alicyclic amines) is 1. The van der Waals surface area contributed by atoms with Gasteiger partial charge in [-0.3, -0.25) is 14.4 Å². The summed E-state index contributed by atoms with van der Waals surface area (Å²) >= 11 is 0. The Hall–Kier alpha value is -4.47. The molecule has 1 aliphatic carbocycles.